The third-order valence-electron chi connectivity index (χ3n) is 3.81. The van der Waals surface area contributed by atoms with Crippen LogP contribution >= 0.6 is 0 Å². The van der Waals surface area contributed by atoms with Crippen molar-refractivity contribution >= 4 is 17.5 Å². The fourth-order valence-corrected chi connectivity index (χ4v) is 2.88. The first kappa shape index (κ1) is 10.3. The van der Waals surface area contributed by atoms with Crippen LogP contribution in [0.2, 0.25) is 0 Å². The minimum atomic E-state index is -0.573. The first-order valence-electron chi connectivity index (χ1n) is 5.67. The molecule has 17 heavy (non-hydrogen) atoms. The summed E-state index contributed by atoms with van der Waals surface area (Å²) in [5, 5.41) is 4.74. The first-order chi connectivity index (χ1) is 8.13. The van der Waals surface area contributed by atoms with E-state index in [9.17, 15) is 9.59 Å². The summed E-state index contributed by atoms with van der Waals surface area (Å²) in [6, 6.07) is 7.34. The molecule has 2 aliphatic rings. The summed E-state index contributed by atoms with van der Waals surface area (Å²) in [6.45, 7) is 0.587. The van der Waals surface area contributed by atoms with Gasteiger partial charge in [-0.2, -0.15) is 0 Å². The third kappa shape index (κ3) is 1.29. The topological polar surface area (TPSA) is 88.8 Å². The molecule has 1 fully saturated rings. The molecule has 2 aliphatic heterocycles. The second-order valence-electron chi connectivity index (χ2n) is 4.73. The van der Waals surface area contributed by atoms with Gasteiger partial charge in [-0.3, -0.25) is 9.59 Å². The van der Waals surface area contributed by atoms with E-state index in [1.54, 1.807) is 0 Å². The van der Waals surface area contributed by atoms with Crippen molar-refractivity contribution in [2.45, 2.75) is 17.9 Å². The standard InChI is InChI=1S/C12H13N3O2/c13-10(16)9-5-12(6-14-9)7-3-1-2-4-8(7)15-11(12)17/h1-4,9,14H,5-6H2,(H2,13,16)(H,15,17)/p+1/t9-,12-/m0/s1. The predicted octanol–water partition coefficient (Wildman–Crippen LogP) is -1.30. The molecule has 0 radical (unpaired) electrons. The molecule has 1 aromatic carbocycles. The van der Waals surface area contributed by atoms with Crippen molar-refractivity contribution in [2.75, 3.05) is 11.9 Å². The molecule has 5 heteroatoms. The zero-order valence-electron chi connectivity index (χ0n) is 9.27. The molecule has 0 bridgehead atoms. The largest absolute Gasteiger partial charge is 0.365 e. The summed E-state index contributed by atoms with van der Waals surface area (Å²) < 4.78 is 0. The summed E-state index contributed by atoms with van der Waals surface area (Å²) in [6.07, 6.45) is 0.491. The number of hydrogen-bond donors (Lipinski definition) is 3. The lowest BCUT2D eigenvalue weighted by atomic mass is 9.79. The van der Waals surface area contributed by atoms with Gasteiger partial charge in [0.2, 0.25) is 5.91 Å². The summed E-state index contributed by atoms with van der Waals surface area (Å²) in [4.78, 5) is 23.4. The molecule has 1 saturated heterocycles. The minimum absolute atomic E-state index is 0.0151. The molecule has 5 nitrogen and oxygen atoms in total. The van der Waals surface area contributed by atoms with E-state index in [0.29, 0.717) is 13.0 Å². The van der Waals surface area contributed by atoms with Crippen LogP contribution in [0.1, 0.15) is 12.0 Å². The lowest BCUT2D eigenvalue weighted by molar-refractivity contribution is -0.659. The molecule has 88 valence electrons. The molecule has 1 spiro atoms. The number of primary amides is 1. The van der Waals surface area contributed by atoms with Gasteiger partial charge in [0.25, 0.3) is 5.91 Å². The minimum Gasteiger partial charge on any atom is -0.365 e. The van der Waals surface area contributed by atoms with Crippen LogP contribution < -0.4 is 16.4 Å². The molecular weight excluding hydrogens is 218 g/mol. The average Bonchev–Trinajstić information content (AvgIpc) is 2.85. The number of carbonyl (C=O) groups is 2. The van der Waals surface area contributed by atoms with Gasteiger partial charge in [0.15, 0.2) is 6.04 Å². The van der Waals surface area contributed by atoms with Crippen LogP contribution in [-0.4, -0.2) is 24.4 Å². The van der Waals surface area contributed by atoms with Crippen LogP contribution in [0.25, 0.3) is 0 Å². The summed E-state index contributed by atoms with van der Waals surface area (Å²) >= 11 is 0. The summed E-state index contributed by atoms with van der Waals surface area (Å²) in [7, 11) is 0. The summed E-state index contributed by atoms with van der Waals surface area (Å²) in [5.74, 6) is -0.363. The molecule has 2 heterocycles. The second-order valence-corrected chi connectivity index (χ2v) is 4.73. The average molecular weight is 232 g/mol. The highest BCUT2D eigenvalue weighted by Gasteiger charge is 2.55. The second kappa shape index (κ2) is 3.30. The Morgan fingerprint density at radius 1 is 1.47 bits per heavy atom. The van der Waals surface area contributed by atoms with Crippen LogP contribution in [-0.2, 0) is 15.0 Å². The zero-order chi connectivity index (χ0) is 12.0. The van der Waals surface area contributed by atoms with Gasteiger partial charge in [0, 0.05) is 12.1 Å². The molecule has 3 rings (SSSR count). The van der Waals surface area contributed by atoms with Crippen molar-refractivity contribution in [3.8, 4) is 0 Å². The van der Waals surface area contributed by atoms with Crippen LogP contribution in [0.4, 0.5) is 5.69 Å². The molecule has 0 aromatic heterocycles. The lowest BCUT2D eigenvalue weighted by Gasteiger charge is -2.16. The number of benzene rings is 1. The number of fused-ring (bicyclic) bond motifs is 2. The van der Waals surface area contributed by atoms with Gasteiger partial charge in [-0.1, -0.05) is 18.2 Å². The number of nitrogens with two attached hydrogens (primary N) is 2. The Hall–Kier alpha value is -1.88. The number of anilines is 1. The van der Waals surface area contributed by atoms with E-state index in [1.165, 1.54) is 0 Å². The van der Waals surface area contributed by atoms with Gasteiger partial charge in [-0.05, 0) is 11.6 Å². The van der Waals surface area contributed by atoms with E-state index in [0.717, 1.165) is 11.3 Å². The van der Waals surface area contributed by atoms with Crippen LogP contribution in [0, 0.1) is 0 Å². The predicted molar refractivity (Wildman–Crippen MR) is 61.1 cm³/mol. The maximum Gasteiger partial charge on any atom is 0.275 e. The van der Waals surface area contributed by atoms with E-state index >= 15 is 0 Å². The van der Waals surface area contributed by atoms with E-state index in [1.807, 2.05) is 29.6 Å². The number of hydrogen-bond acceptors (Lipinski definition) is 2. The van der Waals surface area contributed by atoms with Gasteiger partial charge >= 0.3 is 0 Å². The Balaban J connectivity index is 2.04. The first-order valence-corrected chi connectivity index (χ1v) is 5.67. The Kier molecular flexibility index (Phi) is 2.00. The van der Waals surface area contributed by atoms with Crippen molar-refractivity contribution in [1.29, 1.82) is 0 Å². The molecule has 1 aromatic rings. The van der Waals surface area contributed by atoms with E-state index in [-0.39, 0.29) is 17.9 Å². The Bertz CT molecular complexity index is 514. The SMILES string of the molecule is NC(=O)[C@@H]1C[C@@]2(C[NH2+]1)C(=O)Nc1ccccc12. The van der Waals surface area contributed by atoms with E-state index in [2.05, 4.69) is 5.32 Å². The third-order valence-corrected chi connectivity index (χ3v) is 3.81. The molecule has 0 saturated carbocycles. The molecular formula is C12H14N3O2+. The number of carbonyl (C=O) groups excluding carboxylic acids is 2. The van der Waals surface area contributed by atoms with Gasteiger partial charge in [0.05, 0.1) is 6.54 Å². The zero-order valence-corrected chi connectivity index (χ0v) is 9.27. The summed E-state index contributed by atoms with van der Waals surface area (Å²) in [5.41, 5.74) is 6.59. The number of quaternary nitrogens is 1. The van der Waals surface area contributed by atoms with Crippen molar-refractivity contribution in [1.82, 2.24) is 0 Å². The fraction of sp³-hybridized carbons (Fsp3) is 0.333. The molecule has 5 N–H and O–H groups in total. The highest BCUT2D eigenvalue weighted by Crippen LogP contribution is 2.41. The Labute approximate surface area is 98.4 Å². The van der Waals surface area contributed by atoms with Crippen molar-refractivity contribution < 1.29 is 14.9 Å². The van der Waals surface area contributed by atoms with E-state index < -0.39 is 5.41 Å². The molecule has 2 atom stereocenters. The molecule has 0 aliphatic carbocycles. The molecule has 2 amide bonds. The number of amides is 2. The van der Waals surface area contributed by atoms with Crippen molar-refractivity contribution in [3.63, 3.8) is 0 Å². The van der Waals surface area contributed by atoms with Crippen LogP contribution in [0.15, 0.2) is 24.3 Å². The highest BCUT2D eigenvalue weighted by molar-refractivity contribution is 6.07. The quantitative estimate of drug-likeness (QED) is 0.561. The van der Waals surface area contributed by atoms with Crippen LogP contribution in [0.5, 0.6) is 0 Å². The van der Waals surface area contributed by atoms with Gasteiger partial charge in [-0.25, -0.2) is 0 Å². The number of nitrogens with one attached hydrogen (secondary N) is 1. The van der Waals surface area contributed by atoms with Crippen molar-refractivity contribution in [3.05, 3.63) is 29.8 Å². The van der Waals surface area contributed by atoms with E-state index in [4.69, 9.17) is 5.73 Å². The van der Waals surface area contributed by atoms with Gasteiger partial charge < -0.3 is 16.4 Å². The molecule has 0 unspecified atom stereocenters. The number of para-hydroxylation sites is 1. The Morgan fingerprint density at radius 2 is 2.24 bits per heavy atom. The van der Waals surface area contributed by atoms with Gasteiger partial charge in [-0.15, -0.1) is 0 Å². The Morgan fingerprint density at radius 3 is 2.94 bits per heavy atom. The normalized spacial score (nSPS) is 30.4. The monoisotopic (exact) mass is 232 g/mol. The van der Waals surface area contributed by atoms with Crippen LogP contribution in [0.3, 0.4) is 0 Å². The smallest absolute Gasteiger partial charge is 0.275 e. The number of rotatable bonds is 1. The van der Waals surface area contributed by atoms with Gasteiger partial charge in [0.1, 0.15) is 5.41 Å². The lowest BCUT2D eigenvalue weighted by Crippen LogP contribution is -2.90. The maximum atomic E-state index is 12.1. The van der Waals surface area contributed by atoms with Crippen molar-refractivity contribution in [2.24, 2.45) is 5.73 Å². The highest BCUT2D eigenvalue weighted by atomic mass is 16.2. The maximum absolute atomic E-state index is 12.1. The fourth-order valence-electron chi connectivity index (χ4n) is 2.88.